The third kappa shape index (κ3) is 8.29. The fraction of sp³-hybridized carbons (Fsp3) is 0.323. The van der Waals surface area contributed by atoms with Gasteiger partial charge in [-0.05, 0) is 54.4 Å². The highest BCUT2D eigenvalue weighted by Crippen LogP contribution is 2.38. The van der Waals surface area contributed by atoms with Crippen molar-refractivity contribution >= 4 is 40.9 Å². The lowest BCUT2D eigenvalue weighted by Gasteiger charge is -2.43. The molecule has 6 nitrogen and oxygen atoms in total. The van der Waals surface area contributed by atoms with Crippen LogP contribution in [0.2, 0.25) is 10.0 Å². The van der Waals surface area contributed by atoms with E-state index >= 15 is 0 Å². The van der Waals surface area contributed by atoms with Crippen LogP contribution in [0, 0.1) is 0 Å². The fourth-order valence-corrected chi connectivity index (χ4v) is 5.57. The van der Waals surface area contributed by atoms with Crippen molar-refractivity contribution in [3.05, 3.63) is 105 Å². The average molecular weight is 674 g/mol. The molecule has 1 aliphatic rings. The van der Waals surface area contributed by atoms with Gasteiger partial charge in [-0.15, -0.1) is 0 Å². The molecule has 1 fully saturated rings. The van der Waals surface area contributed by atoms with E-state index in [1.807, 2.05) is 0 Å². The number of hydrogen-bond acceptors (Lipinski definition) is 3. The van der Waals surface area contributed by atoms with Gasteiger partial charge in [0.05, 0.1) is 21.2 Å². The minimum Gasteiger partial charge on any atom is -0.352 e. The number of hydrogen-bond donors (Lipinski definition) is 1. The van der Waals surface area contributed by atoms with E-state index in [9.17, 15) is 40.7 Å². The van der Waals surface area contributed by atoms with Crippen LogP contribution in [0.15, 0.2) is 66.7 Å². The molecule has 45 heavy (non-hydrogen) atoms. The van der Waals surface area contributed by atoms with Crippen molar-refractivity contribution in [1.82, 2.24) is 15.1 Å². The number of alkyl halides is 6. The van der Waals surface area contributed by atoms with Crippen LogP contribution in [0.3, 0.4) is 0 Å². The number of likely N-dealkylation sites (N-methyl/N-ethyl adjacent to an activating group) is 1. The van der Waals surface area contributed by atoms with E-state index in [-0.39, 0.29) is 60.4 Å². The SMILES string of the molecule is CN(C(=O)c1cc(C(F)(F)F)cc(C(F)(F)F)c1)[C@@H]1CCN(C(=O)CCNC(=O)c2ccccc2)C[C@H]1c1ccc(Cl)c(Cl)c1. The van der Waals surface area contributed by atoms with Gasteiger partial charge >= 0.3 is 12.4 Å². The summed E-state index contributed by atoms with van der Waals surface area (Å²) >= 11 is 12.3. The molecule has 14 heteroatoms. The Bertz CT molecular complexity index is 1530. The number of carbonyl (C=O) groups is 3. The Balaban J connectivity index is 1.56. The summed E-state index contributed by atoms with van der Waals surface area (Å²) in [6.07, 6.45) is -10.1. The lowest BCUT2D eigenvalue weighted by Crippen LogP contribution is -2.52. The van der Waals surface area contributed by atoms with Crippen molar-refractivity contribution in [3.8, 4) is 0 Å². The van der Waals surface area contributed by atoms with Gasteiger partial charge in [0.2, 0.25) is 5.91 Å². The van der Waals surface area contributed by atoms with Gasteiger partial charge in [-0.3, -0.25) is 14.4 Å². The zero-order valence-electron chi connectivity index (χ0n) is 23.7. The number of benzene rings is 3. The van der Waals surface area contributed by atoms with E-state index in [1.54, 1.807) is 42.5 Å². The Kier molecular flexibility index (Phi) is 10.4. The topological polar surface area (TPSA) is 69.7 Å². The largest absolute Gasteiger partial charge is 0.416 e. The van der Waals surface area contributed by atoms with Crippen molar-refractivity contribution in [2.24, 2.45) is 0 Å². The first-order valence-electron chi connectivity index (χ1n) is 13.7. The maximum atomic E-state index is 13.5. The van der Waals surface area contributed by atoms with E-state index in [1.165, 1.54) is 18.0 Å². The first-order valence-corrected chi connectivity index (χ1v) is 14.4. The molecule has 1 saturated heterocycles. The number of likely N-dealkylation sites (tertiary alicyclic amines) is 1. The lowest BCUT2D eigenvalue weighted by molar-refractivity contribution is -0.143. The third-order valence-electron chi connectivity index (χ3n) is 7.61. The molecule has 1 aliphatic heterocycles. The van der Waals surface area contributed by atoms with Crippen LogP contribution in [0.5, 0.6) is 0 Å². The van der Waals surface area contributed by atoms with Gasteiger partial charge in [0.15, 0.2) is 0 Å². The van der Waals surface area contributed by atoms with E-state index < -0.39 is 46.9 Å². The number of nitrogens with zero attached hydrogens (tertiary/aromatic N) is 2. The number of halogens is 8. The number of amides is 3. The standard InChI is InChI=1S/C31H27Cl2F6N3O3/c1-41(29(45)20-13-21(30(34,35)36)16-22(14-20)31(37,38)39)26-10-12-42(17-23(26)19-7-8-24(32)25(33)15-19)27(43)9-11-40-28(44)18-5-3-2-4-6-18/h2-8,13-16,23,26H,9-12,17H2,1H3,(H,40,44)/t23-,26+/m0/s1. The molecule has 3 aromatic carbocycles. The molecule has 240 valence electrons. The molecule has 0 aliphatic carbocycles. The molecule has 0 saturated carbocycles. The summed E-state index contributed by atoms with van der Waals surface area (Å²) in [5.41, 5.74) is -2.99. The molecule has 1 N–H and O–H groups in total. The van der Waals surface area contributed by atoms with Gasteiger partial charge in [-0.2, -0.15) is 26.3 Å². The number of rotatable bonds is 7. The zero-order valence-corrected chi connectivity index (χ0v) is 25.2. The van der Waals surface area contributed by atoms with Crippen LogP contribution >= 0.6 is 23.2 Å². The van der Waals surface area contributed by atoms with E-state index in [2.05, 4.69) is 5.32 Å². The van der Waals surface area contributed by atoms with Crippen LogP contribution in [0.25, 0.3) is 0 Å². The Morgan fingerprint density at radius 1 is 0.867 bits per heavy atom. The summed E-state index contributed by atoms with van der Waals surface area (Å²) in [5.74, 6) is -2.32. The monoisotopic (exact) mass is 673 g/mol. The zero-order chi connectivity index (χ0) is 33.1. The molecule has 0 unspecified atom stereocenters. The highest BCUT2D eigenvalue weighted by Gasteiger charge is 2.40. The maximum absolute atomic E-state index is 13.5. The van der Waals surface area contributed by atoms with Crippen molar-refractivity contribution in [2.75, 3.05) is 26.7 Å². The molecule has 0 spiro atoms. The smallest absolute Gasteiger partial charge is 0.352 e. The summed E-state index contributed by atoms with van der Waals surface area (Å²) < 4.78 is 80.8. The predicted octanol–water partition coefficient (Wildman–Crippen LogP) is 7.31. The molecule has 2 atom stereocenters. The predicted molar refractivity (Wildman–Crippen MR) is 156 cm³/mol. The van der Waals surface area contributed by atoms with Gasteiger partial charge in [-0.25, -0.2) is 0 Å². The minimum atomic E-state index is -5.12. The summed E-state index contributed by atoms with van der Waals surface area (Å²) in [6.45, 7) is 0.253. The van der Waals surface area contributed by atoms with Gasteiger partial charge in [-0.1, -0.05) is 47.5 Å². The highest BCUT2D eigenvalue weighted by atomic mass is 35.5. The van der Waals surface area contributed by atoms with Crippen molar-refractivity contribution < 1.29 is 40.7 Å². The van der Waals surface area contributed by atoms with Gasteiger partial charge in [0.25, 0.3) is 11.8 Å². The minimum absolute atomic E-state index is 0.0312. The van der Waals surface area contributed by atoms with E-state index in [0.717, 1.165) is 4.90 Å². The Labute approximate surface area is 264 Å². The second kappa shape index (κ2) is 13.7. The second-order valence-electron chi connectivity index (χ2n) is 10.6. The Morgan fingerprint density at radius 2 is 1.49 bits per heavy atom. The third-order valence-corrected chi connectivity index (χ3v) is 8.35. The van der Waals surface area contributed by atoms with Gasteiger partial charge in [0, 0.05) is 56.2 Å². The van der Waals surface area contributed by atoms with Crippen LogP contribution in [0.4, 0.5) is 26.3 Å². The molecule has 0 bridgehead atoms. The van der Waals surface area contributed by atoms with Crippen LogP contribution in [0.1, 0.15) is 56.2 Å². The molecule has 1 heterocycles. The van der Waals surface area contributed by atoms with E-state index in [0.29, 0.717) is 23.3 Å². The van der Waals surface area contributed by atoms with Crippen LogP contribution in [-0.4, -0.2) is 60.2 Å². The first-order chi connectivity index (χ1) is 21.1. The Hall–Kier alpha value is -3.77. The molecule has 4 rings (SSSR count). The van der Waals surface area contributed by atoms with Crippen LogP contribution in [-0.2, 0) is 17.1 Å². The Morgan fingerprint density at radius 3 is 2.07 bits per heavy atom. The lowest BCUT2D eigenvalue weighted by atomic mass is 9.84. The summed E-state index contributed by atoms with van der Waals surface area (Å²) in [6, 6.07) is 13.1. The number of nitrogens with one attached hydrogen (secondary N) is 1. The van der Waals surface area contributed by atoms with E-state index in [4.69, 9.17) is 23.2 Å². The maximum Gasteiger partial charge on any atom is 0.416 e. The molecular formula is C31H27Cl2F6N3O3. The summed E-state index contributed by atoms with van der Waals surface area (Å²) in [4.78, 5) is 41.6. The molecule has 0 radical (unpaired) electrons. The van der Waals surface area contributed by atoms with Crippen molar-refractivity contribution in [3.63, 3.8) is 0 Å². The van der Waals surface area contributed by atoms with Gasteiger partial charge < -0.3 is 15.1 Å². The number of piperidine rings is 1. The van der Waals surface area contributed by atoms with Gasteiger partial charge in [0.1, 0.15) is 0 Å². The summed E-state index contributed by atoms with van der Waals surface area (Å²) in [5, 5.41) is 3.11. The second-order valence-corrected chi connectivity index (χ2v) is 11.4. The quantitative estimate of drug-likeness (QED) is 0.268. The first kappa shape index (κ1) is 34.1. The van der Waals surface area contributed by atoms with Crippen molar-refractivity contribution in [1.29, 1.82) is 0 Å². The molecule has 0 aromatic heterocycles. The molecular weight excluding hydrogens is 647 g/mol. The van der Waals surface area contributed by atoms with Crippen LogP contribution < -0.4 is 5.32 Å². The summed E-state index contributed by atoms with van der Waals surface area (Å²) in [7, 11) is 1.29. The normalized spacial score (nSPS) is 17.1. The molecule has 3 amide bonds. The van der Waals surface area contributed by atoms with Crippen molar-refractivity contribution in [2.45, 2.75) is 37.2 Å². The number of carbonyl (C=O) groups excluding carboxylic acids is 3. The highest BCUT2D eigenvalue weighted by molar-refractivity contribution is 6.42. The average Bonchev–Trinajstić information content (AvgIpc) is 3.00. The fourth-order valence-electron chi connectivity index (χ4n) is 5.27. The molecule has 3 aromatic rings.